The van der Waals surface area contributed by atoms with Crippen LogP contribution >= 0.6 is 0 Å². The monoisotopic (exact) mass is 226 g/mol. The van der Waals surface area contributed by atoms with Crippen LogP contribution in [-0.4, -0.2) is 26.2 Å². The Balaban J connectivity index is 3.18. The first kappa shape index (κ1) is 12.7. The number of hydrogen-bond acceptors (Lipinski definition) is 4. The molecule has 0 aromatic carbocycles. The average molecular weight is 226 g/mol. The zero-order valence-corrected chi connectivity index (χ0v) is 10.0. The molecular formula is C12H18O4. The van der Waals surface area contributed by atoms with Crippen molar-refractivity contribution in [3.8, 4) is 0 Å². The van der Waals surface area contributed by atoms with Crippen LogP contribution in [0.3, 0.4) is 0 Å². The van der Waals surface area contributed by atoms with E-state index in [2.05, 4.69) is 0 Å². The first-order chi connectivity index (χ1) is 7.63. The molecule has 0 heterocycles. The number of hydrogen-bond donors (Lipinski definition) is 0. The van der Waals surface area contributed by atoms with Crippen molar-refractivity contribution in [1.29, 1.82) is 0 Å². The molecule has 0 aromatic rings. The molecular weight excluding hydrogens is 208 g/mol. The molecule has 0 spiro atoms. The highest BCUT2D eigenvalue weighted by Gasteiger charge is 2.53. The molecule has 0 aromatic heterocycles. The third kappa shape index (κ3) is 1.84. The maximum Gasteiger partial charge on any atom is 0.327 e. The predicted octanol–water partition coefficient (Wildman–Crippen LogP) is 1.84. The molecule has 0 unspecified atom stereocenters. The molecule has 1 rings (SSSR count). The van der Waals surface area contributed by atoms with Gasteiger partial charge in [-0.15, -0.1) is 0 Å². The van der Waals surface area contributed by atoms with Gasteiger partial charge in [-0.2, -0.15) is 0 Å². The Bertz CT molecular complexity index is 301. The van der Waals surface area contributed by atoms with Crippen LogP contribution in [0.25, 0.3) is 0 Å². The molecule has 1 aliphatic carbocycles. The average Bonchev–Trinajstić information content (AvgIpc) is 2.72. The van der Waals surface area contributed by atoms with Crippen LogP contribution in [0.2, 0.25) is 0 Å². The summed E-state index contributed by atoms with van der Waals surface area (Å²) in [6.07, 6.45) is 4.79. The maximum atomic E-state index is 11.9. The van der Waals surface area contributed by atoms with Gasteiger partial charge in [0.25, 0.3) is 0 Å². The Morgan fingerprint density at radius 1 is 1.31 bits per heavy atom. The Kier molecular flexibility index (Phi) is 4.10. The maximum absolute atomic E-state index is 11.9. The van der Waals surface area contributed by atoms with Gasteiger partial charge >= 0.3 is 11.9 Å². The number of esters is 2. The Labute approximate surface area is 95.6 Å². The van der Waals surface area contributed by atoms with Crippen molar-refractivity contribution in [3.05, 3.63) is 11.6 Å². The van der Waals surface area contributed by atoms with E-state index in [-0.39, 0.29) is 0 Å². The normalized spacial score (nSPS) is 20.8. The summed E-state index contributed by atoms with van der Waals surface area (Å²) in [6, 6.07) is 0. The number of allylic oxidation sites excluding steroid dienone is 1. The molecule has 0 N–H and O–H groups in total. The highest BCUT2D eigenvalue weighted by atomic mass is 16.5. The number of ether oxygens (including phenoxy) is 2. The van der Waals surface area contributed by atoms with Gasteiger partial charge in [0.05, 0.1) is 14.2 Å². The smallest absolute Gasteiger partial charge is 0.327 e. The van der Waals surface area contributed by atoms with Gasteiger partial charge in [0.15, 0.2) is 5.41 Å². The second kappa shape index (κ2) is 5.14. The number of methoxy groups -OCH3 is 2. The van der Waals surface area contributed by atoms with E-state index in [1.54, 1.807) is 0 Å². The predicted molar refractivity (Wildman–Crippen MR) is 58.7 cm³/mol. The quantitative estimate of drug-likeness (QED) is 0.418. The van der Waals surface area contributed by atoms with Gasteiger partial charge in [-0.05, 0) is 31.3 Å². The third-order valence-electron chi connectivity index (χ3n) is 3.06. The van der Waals surface area contributed by atoms with Crippen LogP contribution in [0.15, 0.2) is 11.6 Å². The zero-order chi connectivity index (χ0) is 12.2. The molecule has 0 saturated heterocycles. The second-order valence-corrected chi connectivity index (χ2v) is 3.88. The van der Waals surface area contributed by atoms with Gasteiger partial charge in [0.1, 0.15) is 0 Å². The highest BCUT2D eigenvalue weighted by molar-refractivity contribution is 6.04. The molecule has 0 aliphatic heterocycles. The molecule has 16 heavy (non-hydrogen) atoms. The summed E-state index contributed by atoms with van der Waals surface area (Å²) in [5, 5.41) is 0. The molecule has 4 heteroatoms. The minimum absolute atomic E-state index is 0.484. The molecule has 0 bridgehead atoms. The lowest BCUT2D eigenvalue weighted by Gasteiger charge is -2.24. The molecule has 1 fully saturated rings. The molecule has 0 amide bonds. The molecule has 1 saturated carbocycles. The summed E-state index contributed by atoms with van der Waals surface area (Å²) in [7, 11) is 2.60. The van der Waals surface area contributed by atoms with Crippen molar-refractivity contribution in [1.82, 2.24) is 0 Å². The van der Waals surface area contributed by atoms with E-state index in [1.165, 1.54) is 14.2 Å². The largest absolute Gasteiger partial charge is 0.468 e. The standard InChI is InChI=1S/C12H18O4/c1-4-6-9-7-5-8-12(9,10(13)15-2)11(14)16-3/h6H,4-5,7-8H2,1-3H3/b9-6+. The minimum atomic E-state index is -1.18. The van der Waals surface area contributed by atoms with E-state index in [4.69, 9.17) is 9.47 Å². The van der Waals surface area contributed by atoms with Crippen molar-refractivity contribution < 1.29 is 19.1 Å². The number of rotatable bonds is 3. The van der Waals surface area contributed by atoms with Crippen molar-refractivity contribution in [2.75, 3.05) is 14.2 Å². The molecule has 4 nitrogen and oxygen atoms in total. The molecule has 0 atom stereocenters. The van der Waals surface area contributed by atoms with E-state index < -0.39 is 17.4 Å². The van der Waals surface area contributed by atoms with Gasteiger partial charge in [-0.25, -0.2) is 0 Å². The van der Waals surface area contributed by atoms with Gasteiger partial charge in [-0.3, -0.25) is 9.59 Å². The third-order valence-corrected chi connectivity index (χ3v) is 3.06. The summed E-state index contributed by atoms with van der Waals surface area (Å²) in [6.45, 7) is 1.98. The summed E-state index contributed by atoms with van der Waals surface area (Å²) >= 11 is 0. The SMILES string of the molecule is CC/C=C1\CCCC1(C(=O)OC)C(=O)OC. The van der Waals surface area contributed by atoms with Crippen molar-refractivity contribution >= 4 is 11.9 Å². The minimum Gasteiger partial charge on any atom is -0.468 e. The molecule has 90 valence electrons. The van der Waals surface area contributed by atoms with Crippen molar-refractivity contribution in [2.24, 2.45) is 5.41 Å². The molecule has 0 radical (unpaired) electrons. The van der Waals surface area contributed by atoms with E-state index in [9.17, 15) is 9.59 Å². The first-order valence-electron chi connectivity index (χ1n) is 5.49. The van der Waals surface area contributed by atoms with Gasteiger partial charge < -0.3 is 9.47 Å². The summed E-state index contributed by atoms with van der Waals surface area (Å²) in [5.41, 5.74) is -0.340. The van der Waals surface area contributed by atoms with E-state index >= 15 is 0 Å². The molecule has 1 aliphatic rings. The van der Waals surface area contributed by atoms with Crippen LogP contribution in [-0.2, 0) is 19.1 Å². The number of carbonyl (C=O) groups excluding carboxylic acids is 2. The highest BCUT2D eigenvalue weighted by Crippen LogP contribution is 2.45. The lowest BCUT2D eigenvalue weighted by atomic mass is 9.81. The van der Waals surface area contributed by atoms with Crippen molar-refractivity contribution in [2.45, 2.75) is 32.6 Å². The van der Waals surface area contributed by atoms with Crippen LogP contribution in [0.4, 0.5) is 0 Å². The lowest BCUT2D eigenvalue weighted by molar-refractivity contribution is -0.165. The first-order valence-corrected chi connectivity index (χ1v) is 5.49. The van der Waals surface area contributed by atoms with Crippen LogP contribution < -0.4 is 0 Å². The zero-order valence-electron chi connectivity index (χ0n) is 10.0. The second-order valence-electron chi connectivity index (χ2n) is 3.88. The number of carbonyl (C=O) groups is 2. The van der Waals surface area contributed by atoms with Gasteiger partial charge in [0.2, 0.25) is 0 Å². The Hall–Kier alpha value is -1.32. The summed E-state index contributed by atoms with van der Waals surface area (Å²) in [5.74, 6) is -1.01. The van der Waals surface area contributed by atoms with Gasteiger partial charge in [0, 0.05) is 0 Å². The van der Waals surface area contributed by atoms with Crippen LogP contribution in [0, 0.1) is 5.41 Å². The van der Waals surface area contributed by atoms with E-state index in [0.29, 0.717) is 6.42 Å². The van der Waals surface area contributed by atoms with Crippen LogP contribution in [0.5, 0.6) is 0 Å². The lowest BCUT2D eigenvalue weighted by Crippen LogP contribution is -2.40. The fraction of sp³-hybridized carbons (Fsp3) is 0.667. The Morgan fingerprint density at radius 3 is 2.31 bits per heavy atom. The summed E-state index contributed by atoms with van der Waals surface area (Å²) < 4.78 is 9.51. The van der Waals surface area contributed by atoms with Crippen molar-refractivity contribution in [3.63, 3.8) is 0 Å². The van der Waals surface area contributed by atoms with Gasteiger partial charge in [-0.1, -0.05) is 13.0 Å². The Morgan fingerprint density at radius 2 is 1.88 bits per heavy atom. The van der Waals surface area contributed by atoms with E-state index in [1.807, 2.05) is 13.0 Å². The van der Waals surface area contributed by atoms with E-state index in [0.717, 1.165) is 24.8 Å². The topological polar surface area (TPSA) is 52.6 Å². The fourth-order valence-corrected chi connectivity index (χ4v) is 2.34. The summed E-state index contributed by atoms with van der Waals surface area (Å²) in [4.78, 5) is 23.7. The van der Waals surface area contributed by atoms with Crippen LogP contribution in [0.1, 0.15) is 32.6 Å². The fourth-order valence-electron chi connectivity index (χ4n) is 2.34.